The second kappa shape index (κ2) is 11.2. The largest absolute Gasteiger partial charge is 0.492 e. The zero-order chi connectivity index (χ0) is 24.3. The van der Waals surface area contributed by atoms with Crippen molar-refractivity contribution in [2.24, 2.45) is 5.92 Å². The topological polar surface area (TPSA) is 88.1 Å². The molecule has 2 N–H and O–H groups in total. The number of carboxylic acids is 1. The van der Waals surface area contributed by atoms with Gasteiger partial charge in [0, 0.05) is 26.3 Å². The van der Waals surface area contributed by atoms with Crippen LogP contribution in [-0.2, 0) is 15.1 Å². The van der Waals surface area contributed by atoms with E-state index in [0.29, 0.717) is 45.1 Å². The first-order valence-electron chi connectivity index (χ1n) is 12.7. The molecule has 3 fully saturated rings. The summed E-state index contributed by atoms with van der Waals surface area (Å²) in [4.78, 5) is 27.7. The molecule has 36 heavy (non-hydrogen) atoms. The van der Waals surface area contributed by atoms with Gasteiger partial charge in [-0.05, 0) is 74.3 Å². The first-order chi connectivity index (χ1) is 17.0. The van der Waals surface area contributed by atoms with Gasteiger partial charge in [-0.2, -0.15) is 0 Å². The van der Waals surface area contributed by atoms with Crippen LogP contribution in [0.15, 0.2) is 54.6 Å². The number of rotatable bonds is 11. The number of hydrogen-bond acceptors (Lipinski definition) is 5. The van der Waals surface area contributed by atoms with Crippen LogP contribution in [0.5, 0.6) is 5.75 Å². The van der Waals surface area contributed by atoms with E-state index in [1.165, 1.54) is 12.8 Å². The SMILES string of the molecule is Cl.O=C(O)c1ccc(C2(NC(=O)C3(N(CCOc4ccccc4)CC4CC4)CCOCC3)CC2)cc1. The van der Waals surface area contributed by atoms with Gasteiger partial charge in [0.15, 0.2) is 0 Å². The second-order valence-electron chi connectivity index (χ2n) is 10.1. The predicted molar refractivity (Wildman–Crippen MR) is 139 cm³/mol. The van der Waals surface area contributed by atoms with Crippen molar-refractivity contribution >= 4 is 24.3 Å². The molecule has 2 aliphatic carbocycles. The number of benzene rings is 2. The van der Waals surface area contributed by atoms with Crippen molar-refractivity contribution in [3.05, 3.63) is 65.7 Å². The van der Waals surface area contributed by atoms with Gasteiger partial charge in [-0.3, -0.25) is 9.69 Å². The Morgan fingerprint density at radius 3 is 2.25 bits per heavy atom. The molecule has 7 nitrogen and oxygen atoms in total. The maximum Gasteiger partial charge on any atom is 0.335 e. The highest BCUT2D eigenvalue weighted by molar-refractivity contribution is 5.89. The van der Waals surface area contributed by atoms with Crippen LogP contribution in [0.2, 0.25) is 0 Å². The number of aromatic carboxylic acids is 1. The number of carbonyl (C=O) groups excluding carboxylic acids is 1. The van der Waals surface area contributed by atoms with Gasteiger partial charge < -0.3 is 19.9 Å². The number of para-hydroxylation sites is 1. The van der Waals surface area contributed by atoms with E-state index in [0.717, 1.165) is 30.7 Å². The zero-order valence-corrected chi connectivity index (χ0v) is 21.3. The highest BCUT2D eigenvalue weighted by Crippen LogP contribution is 2.47. The Morgan fingerprint density at radius 1 is 1.00 bits per heavy atom. The molecule has 2 aromatic rings. The lowest BCUT2D eigenvalue weighted by molar-refractivity contribution is -0.142. The average Bonchev–Trinajstić information content (AvgIpc) is 3.82. The minimum atomic E-state index is -0.944. The highest BCUT2D eigenvalue weighted by Gasteiger charge is 2.52. The van der Waals surface area contributed by atoms with E-state index in [1.54, 1.807) is 12.1 Å². The normalized spacial score (nSPS) is 19.7. The van der Waals surface area contributed by atoms with Gasteiger partial charge in [0.05, 0.1) is 11.1 Å². The number of carbonyl (C=O) groups is 2. The van der Waals surface area contributed by atoms with Crippen LogP contribution in [0.3, 0.4) is 0 Å². The Morgan fingerprint density at radius 2 is 1.67 bits per heavy atom. The smallest absolute Gasteiger partial charge is 0.335 e. The molecule has 0 spiro atoms. The van der Waals surface area contributed by atoms with Gasteiger partial charge in [-0.15, -0.1) is 12.4 Å². The minimum absolute atomic E-state index is 0. The molecule has 0 radical (unpaired) electrons. The summed E-state index contributed by atoms with van der Waals surface area (Å²) in [5, 5.41) is 12.6. The highest BCUT2D eigenvalue weighted by atomic mass is 35.5. The van der Waals surface area contributed by atoms with Crippen LogP contribution >= 0.6 is 12.4 Å². The summed E-state index contributed by atoms with van der Waals surface area (Å²) >= 11 is 0. The number of hydrogen-bond donors (Lipinski definition) is 2. The fraction of sp³-hybridized carbons (Fsp3) is 0.500. The van der Waals surface area contributed by atoms with Gasteiger partial charge in [0.1, 0.15) is 17.9 Å². The number of ether oxygens (including phenoxy) is 2. The maximum absolute atomic E-state index is 14.1. The van der Waals surface area contributed by atoms with Crippen molar-refractivity contribution < 1.29 is 24.2 Å². The van der Waals surface area contributed by atoms with Crippen LogP contribution in [-0.4, -0.2) is 60.3 Å². The quantitative estimate of drug-likeness (QED) is 0.466. The maximum atomic E-state index is 14.1. The molecule has 8 heteroatoms. The molecule has 0 bridgehead atoms. The average molecular weight is 515 g/mol. The van der Waals surface area contributed by atoms with E-state index in [9.17, 15) is 14.7 Å². The minimum Gasteiger partial charge on any atom is -0.492 e. The Kier molecular flexibility index (Phi) is 8.23. The molecule has 0 aromatic heterocycles. The van der Waals surface area contributed by atoms with Crippen molar-refractivity contribution in [3.8, 4) is 5.75 Å². The van der Waals surface area contributed by atoms with Crippen molar-refractivity contribution in [1.29, 1.82) is 0 Å². The lowest BCUT2D eigenvalue weighted by Crippen LogP contribution is -2.63. The molecule has 3 aliphatic rings. The van der Waals surface area contributed by atoms with Crippen LogP contribution in [0.4, 0.5) is 0 Å². The summed E-state index contributed by atoms with van der Waals surface area (Å²) in [6.07, 6.45) is 5.46. The molecule has 5 rings (SSSR count). The van der Waals surface area contributed by atoms with E-state index in [-0.39, 0.29) is 23.9 Å². The van der Waals surface area contributed by atoms with Crippen LogP contribution in [0, 0.1) is 5.92 Å². The molecular formula is C28H35ClN2O5. The zero-order valence-electron chi connectivity index (χ0n) is 20.5. The van der Waals surface area contributed by atoms with Crippen molar-refractivity contribution in [1.82, 2.24) is 10.2 Å². The monoisotopic (exact) mass is 514 g/mol. The van der Waals surface area contributed by atoms with E-state index in [4.69, 9.17) is 9.47 Å². The summed E-state index contributed by atoms with van der Waals surface area (Å²) in [6, 6.07) is 16.7. The van der Waals surface area contributed by atoms with Crippen molar-refractivity contribution in [2.45, 2.75) is 49.6 Å². The molecule has 0 unspecified atom stereocenters. The Balaban J connectivity index is 0.00000304. The second-order valence-corrected chi connectivity index (χ2v) is 10.1. The van der Waals surface area contributed by atoms with Crippen molar-refractivity contribution in [2.75, 3.05) is 32.9 Å². The third-order valence-electron chi connectivity index (χ3n) is 7.68. The van der Waals surface area contributed by atoms with Gasteiger partial charge in [-0.1, -0.05) is 30.3 Å². The van der Waals surface area contributed by atoms with Gasteiger partial charge in [0.25, 0.3) is 0 Å². The fourth-order valence-electron chi connectivity index (χ4n) is 5.15. The molecule has 2 saturated carbocycles. The molecule has 2 aromatic carbocycles. The summed E-state index contributed by atoms with van der Waals surface area (Å²) in [6.45, 7) is 3.22. The lowest BCUT2D eigenvalue weighted by Gasteiger charge is -2.45. The molecule has 1 aliphatic heterocycles. The first kappa shape index (κ1) is 26.5. The number of amides is 1. The molecule has 0 atom stereocenters. The van der Waals surface area contributed by atoms with E-state index >= 15 is 0 Å². The molecule has 1 heterocycles. The Bertz CT molecular complexity index is 1030. The number of halogens is 1. The number of nitrogens with one attached hydrogen (secondary N) is 1. The lowest BCUT2D eigenvalue weighted by atomic mass is 9.85. The standard InChI is InChI=1S/C28H34N2O5.ClH/c31-25(32)22-8-10-23(11-9-22)27(12-13-27)29-26(33)28(14-17-34-18-15-28)30(20-21-6-7-21)16-19-35-24-4-2-1-3-5-24;/h1-5,8-11,21H,6-7,12-20H2,(H,29,33)(H,31,32);1H. The molecule has 1 saturated heterocycles. The third kappa shape index (κ3) is 5.85. The van der Waals surface area contributed by atoms with E-state index in [2.05, 4.69) is 10.2 Å². The molecule has 1 amide bonds. The fourth-order valence-corrected chi connectivity index (χ4v) is 5.15. The molecular weight excluding hydrogens is 480 g/mol. The van der Waals surface area contributed by atoms with Gasteiger partial charge in [0.2, 0.25) is 5.91 Å². The van der Waals surface area contributed by atoms with E-state index < -0.39 is 17.0 Å². The summed E-state index contributed by atoms with van der Waals surface area (Å²) < 4.78 is 11.7. The first-order valence-corrected chi connectivity index (χ1v) is 12.7. The van der Waals surface area contributed by atoms with Crippen LogP contribution in [0.1, 0.15) is 54.4 Å². The summed E-state index contributed by atoms with van der Waals surface area (Å²) in [5.41, 5.74) is 0.188. The Labute approximate surface area is 218 Å². The van der Waals surface area contributed by atoms with E-state index in [1.807, 2.05) is 42.5 Å². The van der Waals surface area contributed by atoms with Crippen molar-refractivity contribution in [3.63, 3.8) is 0 Å². The number of carboxylic acid groups (broad SMARTS) is 1. The predicted octanol–water partition coefficient (Wildman–Crippen LogP) is 4.25. The van der Waals surface area contributed by atoms with Gasteiger partial charge in [-0.25, -0.2) is 4.79 Å². The number of nitrogens with zero attached hydrogens (tertiary/aromatic N) is 1. The van der Waals surface area contributed by atoms with Crippen LogP contribution < -0.4 is 10.1 Å². The third-order valence-corrected chi connectivity index (χ3v) is 7.68. The van der Waals surface area contributed by atoms with Crippen LogP contribution in [0.25, 0.3) is 0 Å². The van der Waals surface area contributed by atoms with Gasteiger partial charge >= 0.3 is 5.97 Å². The summed E-state index contributed by atoms with van der Waals surface area (Å²) in [7, 11) is 0. The Hall–Kier alpha value is -2.61. The summed E-state index contributed by atoms with van der Waals surface area (Å²) in [5.74, 6) is 0.588. The molecule has 194 valence electrons.